The molecule has 10 nitrogen and oxygen atoms in total. The molecule has 28 heavy (non-hydrogen) atoms. The van der Waals surface area contributed by atoms with Crippen LogP contribution < -0.4 is 5.43 Å². The van der Waals surface area contributed by atoms with Gasteiger partial charge >= 0.3 is 0 Å². The van der Waals surface area contributed by atoms with Gasteiger partial charge in [-0.3, -0.25) is 25.0 Å². The third-order valence-corrected chi connectivity index (χ3v) is 3.69. The molecule has 3 aromatic rings. The van der Waals surface area contributed by atoms with Crippen LogP contribution in [0.25, 0.3) is 11.3 Å². The standard InChI is InChI=1S/C18H12N4O6/c23-18(15-3-1-2-4-16(15)22(26)27)20-19-11-14-9-10-17(28-14)12-5-7-13(8-6-12)21(24)25/h1-11H,(H,20,23). The molecule has 1 aromatic heterocycles. The summed E-state index contributed by atoms with van der Waals surface area (Å²) in [6.07, 6.45) is 1.24. The molecule has 0 radical (unpaired) electrons. The van der Waals surface area contributed by atoms with Crippen molar-refractivity contribution >= 4 is 23.5 Å². The molecular formula is C18H12N4O6. The van der Waals surface area contributed by atoms with Gasteiger partial charge in [-0.1, -0.05) is 12.1 Å². The van der Waals surface area contributed by atoms with Crippen LogP contribution in [0.3, 0.4) is 0 Å². The molecule has 0 unspecified atom stereocenters. The van der Waals surface area contributed by atoms with Gasteiger partial charge in [0, 0.05) is 23.8 Å². The Balaban J connectivity index is 1.68. The van der Waals surface area contributed by atoms with Crippen LogP contribution in [0.5, 0.6) is 0 Å². The first kappa shape index (κ1) is 18.5. The number of benzene rings is 2. The van der Waals surface area contributed by atoms with E-state index >= 15 is 0 Å². The minimum absolute atomic E-state index is 0.0326. The van der Waals surface area contributed by atoms with Gasteiger partial charge in [0.15, 0.2) is 0 Å². The lowest BCUT2D eigenvalue weighted by Gasteiger charge is -2.00. The normalized spacial score (nSPS) is 10.7. The highest BCUT2D eigenvalue weighted by atomic mass is 16.6. The fourth-order valence-corrected chi connectivity index (χ4v) is 2.36. The summed E-state index contributed by atoms with van der Waals surface area (Å²) in [6.45, 7) is 0. The monoisotopic (exact) mass is 380 g/mol. The lowest BCUT2D eigenvalue weighted by atomic mass is 10.1. The van der Waals surface area contributed by atoms with Gasteiger partial charge in [0.05, 0.1) is 16.1 Å². The van der Waals surface area contributed by atoms with E-state index < -0.39 is 15.8 Å². The summed E-state index contributed by atoms with van der Waals surface area (Å²) in [6, 6.07) is 14.6. The SMILES string of the molecule is O=C(NN=Cc1ccc(-c2ccc([N+](=O)[O-])cc2)o1)c1ccccc1[N+](=O)[O-]. The number of rotatable bonds is 6. The zero-order valence-electron chi connectivity index (χ0n) is 14.1. The van der Waals surface area contributed by atoms with E-state index in [2.05, 4.69) is 10.5 Å². The van der Waals surface area contributed by atoms with Crippen molar-refractivity contribution in [1.82, 2.24) is 5.43 Å². The molecule has 0 aliphatic rings. The molecular weight excluding hydrogens is 368 g/mol. The van der Waals surface area contributed by atoms with Crippen LogP contribution in [-0.4, -0.2) is 22.0 Å². The largest absolute Gasteiger partial charge is 0.455 e. The maximum absolute atomic E-state index is 12.1. The molecule has 0 fully saturated rings. The molecule has 10 heteroatoms. The highest BCUT2D eigenvalue weighted by molar-refractivity contribution is 5.98. The topological polar surface area (TPSA) is 141 Å². The van der Waals surface area contributed by atoms with Gasteiger partial charge in [0.25, 0.3) is 17.3 Å². The summed E-state index contributed by atoms with van der Waals surface area (Å²) in [4.78, 5) is 32.5. The molecule has 0 aliphatic carbocycles. The molecule has 0 spiro atoms. The average molecular weight is 380 g/mol. The molecule has 0 saturated carbocycles. The first-order chi connectivity index (χ1) is 13.5. The average Bonchev–Trinajstić information content (AvgIpc) is 3.17. The lowest BCUT2D eigenvalue weighted by Crippen LogP contribution is -2.18. The van der Waals surface area contributed by atoms with Gasteiger partial charge in [-0.15, -0.1) is 0 Å². The Hall–Kier alpha value is -4.34. The Labute approximate surface area is 157 Å². The third-order valence-electron chi connectivity index (χ3n) is 3.69. The Morgan fingerprint density at radius 3 is 2.36 bits per heavy atom. The maximum atomic E-state index is 12.1. The quantitative estimate of drug-likeness (QED) is 0.394. The van der Waals surface area contributed by atoms with Crippen LogP contribution >= 0.6 is 0 Å². The Kier molecular flexibility index (Phi) is 5.21. The highest BCUT2D eigenvalue weighted by Crippen LogP contribution is 2.24. The summed E-state index contributed by atoms with van der Waals surface area (Å²) in [5, 5.41) is 25.4. The minimum Gasteiger partial charge on any atom is -0.455 e. The number of nitrogens with one attached hydrogen (secondary N) is 1. The van der Waals surface area contributed by atoms with Gasteiger partial charge < -0.3 is 4.42 Å². The van der Waals surface area contributed by atoms with Gasteiger partial charge in [-0.2, -0.15) is 5.10 Å². The molecule has 1 amide bonds. The summed E-state index contributed by atoms with van der Waals surface area (Å²) in [7, 11) is 0. The van der Waals surface area contributed by atoms with Gasteiger partial charge in [-0.05, 0) is 30.3 Å². The molecule has 1 heterocycles. The zero-order chi connectivity index (χ0) is 20.1. The van der Waals surface area contributed by atoms with Crippen LogP contribution in [-0.2, 0) is 0 Å². The van der Waals surface area contributed by atoms with Crippen LogP contribution in [0.1, 0.15) is 16.1 Å². The van der Waals surface area contributed by atoms with Crippen molar-refractivity contribution < 1.29 is 19.1 Å². The Morgan fingerprint density at radius 2 is 1.68 bits per heavy atom. The number of furan rings is 1. The maximum Gasteiger partial charge on any atom is 0.282 e. The molecule has 0 atom stereocenters. The van der Waals surface area contributed by atoms with E-state index in [9.17, 15) is 25.0 Å². The van der Waals surface area contributed by atoms with Gasteiger partial charge in [0.2, 0.25) is 0 Å². The number of carbonyl (C=O) groups is 1. The summed E-state index contributed by atoms with van der Waals surface area (Å²) >= 11 is 0. The lowest BCUT2D eigenvalue weighted by molar-refractivity contribution is -0.385. The summed E-state index contributed by atoms with van der Waals surface area (Å²) in [5.41, 5.74) is 2.36. The first-order valence-corrected chi connectivity index (χ1v) is 7.87. The zero-order valence-corrected chi connectivity index (χ0v) is 14.1. The number of para-hydroxylation sites is 1. The number of carbonyl (C=O) groups excluding carboxylic acids is 1. The van der Waals surface area contributed by atoms with Crippen molar-refractivity contribution in [3.8, 4) is 11.3 Å². The second-order valence-electron chi connectivity index (χ2n) is 5.48. The van der Waals surface area contributed by atoms with Crippen LogP contribution in [0.4, 0.5) is 11.4 Å². The number of amides is 1. The molecule has 0 bridgehead atoms. The molecule has 2 aromatic carbocycles. The fourth-order valence-electron chi connectivity index (χ4n) is 2.36. The van der Waals surface area contributed by atoms with Crippen LogP contribution in [0, 0.1) is 20.2 Å². The molecule has 0 aliphatic heterocycles. The van der Waals surface area contributed by atoms with Gasteiger partial charge in [-0.25, -0.2) is 5.43 Å². The number of nitrogens with zero attached hydrogens (tertiary/aromatic N) is 3. The van der Waals surface area contributed by atoms with Crippen molar-refractivity contribution in [3.63, 3.8) is 0 Å². The van der Waals surface area contributed by atoms with E-state index in [1.54, 1.807) is 24.3 Å². The number of hydrogen-bond acceptors (Lipinski definition) is 7. The molecule has 0 saturated heterocycles. The summed E-state index contributed by atoms with van der Waals surface area (Å²) in [5.74, 6) is 0.0447. The van der Waals surface area contributed by atoms with Crippen molar-refractivity contribution in [2.45, 2.75) is 0 Å². The number of hydrazone groups is 1. The number of non-ortho nitro benzene ring substituents is 1. The summed E-state index contributed by atoms with van der Waals surface area (Å²) < 4.78 is 5.54. The first-order valence-electron chi connectivity index (χ1n) is 7.87. The number of hydrogen-bond donors (Lipinski definition) is 1. The van der Waals surface area contributed by atoms with Crippen molar-refractivity contribution in [3.05, 3.63) is 92.2 Å². The predicted octanol–water partition coefficient (Wildman–Crippen LogP) is 3.53. The van der Waals surface area contributed by atoms with E-state index in [4.69, 9.17) is 4.42 Å². The molecule has 140 valence electrons. The highest BCUT2D eigenvalue weighted by Gasteiger charge is 2.18. The van der Waals surface area contributed by atoms with Crippen LogP contribution in [0.2, 0.25) is 0 Å². The minimum atomic E-state index is -0.731. The smallest absolute Gasteiger partial charge is 0.282 e. The fraction of sp³-hybridized carbons (Fsp3) is 0. The van der Waals surface area contributed by atoms with E-state index in [0.29, 0.717) is 17.1 Å². The van der Waals surface area contributed by atoms with Crippen molar-refractivity contribution in [2.24, 2.45) is 5.10 Å². The predicted molar refractivity (Wildman–Crippen MR) is 99.0 cm³/mol. The van der Waals surface area contributed by atoms with E-state index in [1.165, 1.54) is 42.6 Å². The second-order valence-corrected chi connectivity index (χ2v) is 5.48. The van der Waals surface area contributed by atoms with E-state index in [1.807, 2.05) is 0 Å². The Bertz CT molecular complexity index is 1070. The van der Waals surface area contributed by atoms with Crippen molar-refractivity contribution in [2.75, 3.05) is 0 Å². The molecule has 3 rings (SSSR count). The van der Waals surface area contributed by atoms with E-state index in [-0.39, 0.29) is 16.9 Å². The van der Waals surface area contributed by atoms with Gasteiger partial charge in [0.1, 0.15) is 17.1 Å². The van der Waals surface area contributed by atoms with Crippen LogP contribution in [0.15, 0.2) is 70.2 Å². The number of nitro benzene ring substituents is 2. The van der Waals surface area contributed by atoms with E-state index in [0.717, 1.165) is 0 Å². The Morgan fingerprint density at radius 1 is 0.964 bits per heavy atom. The second kappa shape index (κ2) is 7.91. The molecule has 1 N–H and O–H groups in total. The number of nitro groups is 2. The third kappa shape index (κ3) is 4.07. The van der Waals surface area contributed by atoms with Crippen molar-refractivity contribution in [1.29, 1.82) is 0 Å².